The number of aromatic nitrogens is 2. The Bertz CT molecular complexity index is 1240. The van der Waals surface area contributed by atoms with Crippen molar-refractivity contribution in [1.82, 2.24) is 19.2 Å². The van der Waals surface area contributed by atoms with Crippen molar-refractivity contribution in [2.45, 2.75) is 63.7 Å². The molecule has 10 nitrogen and oxygen atoms in total. The Labute approximate surface area is 242 Å². The number of benzene rings is 1. The third kappa shape index (κ3) is 6.77. The molecule has 3 aliphatic heterocycles. The van der Waals surface area contributed by atoms with Crippen molar-refractivity contribution in [2.24, 2.45) is 7.05 Å². The Kier molecular flexibility index (Phi) is 9.97. The largest absolute Gasteiger partial charge is 0.459 e. The number of nitrogens with zero attached hydrogens (tertiary/aromatic N) is 4. The van der Waals surface area contributed by atoms with E-state index in [-0.39, 0.29) is 43.0 Å². The van der Waals surface area contributed by atoms with Crippen molar-refractivity contribution in [1.29, 1.82) is 0 Å². The highest BCUT2D eigenvalue weighted by atomic mass is 16.7. The second kappa shape index (κ2) is 13.8. The number of amides is 1. The lowest BCUT2D eigenvalue weighted by atomic mass is 9.92. The second-order valence-corrected chi connectivity index (χ2v) is 11.2. The number of piperidine rings is 2. The van der Waals surface area contributed by atoms with Crippen LogP contribution in [0.5, 0.6) is 0 Å². The molecule has 0 radical (unpaired) electrons. The van der Waals surface area contributed by atoms with Crippen LogP contribution >= 0.6 is 0 Å². The van der Waals surface area contributed by atoms with E-state index in [4.69, 9.17) is 19.3 Å². The van der Waals surface area contributed by atoms with Gasteiger partial charge in [-0.1, -0.05) is 24.6 Å². The number of hydrogen-bond donors (Lipinski definition) is 1. The Balaban J connectivity index is 1.36. The molecule has 5 rings (SSSR count). The number of carbonyl (C=O) groups is 1. The number of aliphatic hydroxyl groups excluding tert-OH is 1. The third-order valence-electron chi connectivity index (χ3n) is 8.66. The van der Waals surface area contributed by atoms with Gasteiger partial charge in [-0.25, -0.2) is 4.68 Å². The molecule has 41 heavy (non-hydrogen) atoms. The van der Waals surface area contributed by atoms with Crippen molar-refractivity contribution in [3.05, 3.63) is 63.8 Å². The standard InChI is InChI=1S/C31H44N4O6/c1-23-29(31(38)35(32(23)2)26-9-5-3-6-10-26)24-21-27(41-28(22-24)40-20-19-39-18-17-36)30(37)34-15-11-25(12-16-34)33-13-7-4-8-14-33/h3,5-6,9-10,21,24-25,28,36H,4,7-8,11-20,22H2,1-2H3/t24-,28+/m0/s1. The molecule has 2 aromatic rings. The minimum absolute atomic E-state index is 0.0567. The molecular formula is C31H44N4O6. The van der Waals surface area contributed by atoms with Gasteiger partial charge in [-0.3, -0.25) is 14.3 Å². The fraction of sp³-hybridized carbons (Fsp3) is 0.613. The molecule has 3 aliphatic rings. The third-order valence-corrected chi connectivity index (χ3v) is 8.66. The topological polar surface area (TPSA) is 98.4 Å². The highest BCUT2D eigenvalue weighted by Crippen LogP contribution is 2.33. The van der Waals surface area contributed by atoms with E-state index in [1.165, 1.54) is 19.3 Å². The van der Waals surface area contributed by atoms with E-state index in [0.717, 1.165) is 37.3 Å². The molecule has 0 bridgehead atoms. The van der Waals surface area contributed by atoms with Crippen LogP contribution < -0.4 is 5.56 Å². The van der Waals surface area contributed by atoms with Gasteiger partial charge in [0.2, 0.25) is 6.29 Å². The molecule has 1 aromatic carbocycles. The van der Waals surface area contributed by atoms with Crippen molar-refractivity contribution in [3.8, 4) is 5.69 Å². The minimum atomic E-state index is -0.697. The summed E-state index contributed by atoms with van der Waals surface area (Å²) >= 11 is 0. The normalized spacial score (nSPS) is 22.4. The molecule has 1 N–H and O–H groups in total. The number of allylic oxidation sites excluding steroid dienone is 1. The maximum Gasteiger partial charge on any atom is 0.288 e. The number of para-hydroxylation sites is 1. The molecular weight excluding hydrogens is 524 g/mol. The lowest BCUT2D eigenvalue weighted by Gasteiger charge is -2.40. The zero-order valence-corrected chi connectivity index (χ0v) is 24.4. The molecule has 0 saturated carbocycles. The summed E-state index contributed by atoms with van der Waals surface area (Å²) in [5.74, 6) is -0.248. The summed E-state index contributed by atoms with van der Waals surface area (Å²) in [4.78, 5) is 32.0. The first kappa shape index (κ1) is 29.6. The van der Waals surface area contributed by atoms with Crippen molar-refractivity contribution in [2.75, 3.05) is 52.6 Å². The maximum atomic E-state index is 13.8. The van der Waals surface area contributed by atoms with E-state index in [0.29, 0.717) is 37.7 Å². The minimum Gasteiger partial charge on any atom is -0.459 e. The van der Waals surface area contributed by atoms with Crippen LogP contribution in [0.15, 0.2) is 47.0 Å². The van der Waals surface area contributed by atoms with Gasteiger partial charge in [0.1, 0.15) is 0 Å². The summed E-state index contributed by atoms with van der Waals surface area (Å²) in [5.41, 5.74) is 2.14. The van der Waals surface area contributed by atoms with Crippen LogP contribution in [0.1, 0.15) is 55.7 Å². The van der Waals surface area contributed by atoms with E-state index in [2.05, 4.69) is 4.90 Å². The molecule has 1 amide bonds. The van der Waals surface area contributed by atoms with E-state index in [1.807, 2.05) is 60.0 Å². The first-order valence-electron chi connectivity index (χ1n) is 15.0. The molecule has 0 unspecified atom stereocenters. The predicted octanol–water partition coefficient (Wildman–Crippen LogP) is 2.70. The van der Waals surface area contributed by atoms with Gasteiger partial charge in [0, 0.05) is 49.8 Å². The zero-order chi connectivity index (χ0) is 28.8. The fourth-order valence-electron chi connectivity index (χ4n) is 6.41. The number of hydrogen-bond acceptors (Lipinski definition) is 7. The lowest BCUT2D eigenvalue weighted by molar-refractivity contribution is -0.157. The summed E-state index contributed by atoms with van der Waals surface area (Å²) in [6, 6.07) is 10.1. The van der Waals surface area contributed by atoms with Crippen LogP contribution in [0.25, 0.3) is 5.69 Å². The molecule has 0 aliphatic carbocycles. The number of carbonyl (C=O) groups excluding carboxylic acids is 1. The maximum absolute atomic E-state index is 13.8. The van der Waals surface area contributed by atoms with Crippen molar-refractivity contribution in [3.63, 3.8) is 0 Å². The van der Waals surface area contributed by atoms with Crippen LogP contribution in [0, 0.1) is 6.92 Å². The van der Waals surface area contributed by atoms with Crippen molar-refractivity contribution >= 4 is 5.91 Å². The van der Waals surface area contributed by atoms with Crippen LogP contribution in [-0.4, -0.2) is 95.1 Å². The lowest BCUT2D eigenvalue weighted by Crippen LogP contribution is -2.49. The SMILES string of the molecule is Cc1c([C@H]2C=C(C(=O)N3CCC(N4CCCCC4)CC3)O[C@@H](OCCOCCO)C2)c(=O)n(-c2ccccc2)n1C. The second-order valence-electron chi connectivity index (χ2n) is 11.2. The average molecular weight is 569 g/mol. The van der Waals surface area contributed by atoms with Crippen LogP contribution in [0.3, 0.4) is 0 Å². The van der Waals surface area contributed by atoms with E-state index >= 15 is 0 Å². The quantitative estimate of drug-likeness (QED) is 0.440. The summed E-state index contributed by atoms with van der Waals surface area (Å²) in [5, 5.41) is 8.97. The van der Waals surface area contributed by atoms with Gasteiger partial charge in [0.25, 0.3) is 11.5 Å². The summed E-state index contributed by atoms with van der Waals surface area (Å²) in [7, 11) is 1.88. The number of aliphatic hydroxyl groups is 1. The summed E-state index contributed by atoms with van der Waals surface area (Å²) in [6.07, 6.45) is 7.29. The van der Waals surface area contributed by atoms with Gasteiger partial charge in [-0.15, -0.1) is 0 Å². The van der Waals surface area contributed by atoms with Gasteiger partial charge >= 0.3 is 0 Å². The molecule has 2 atom stereocenters. The van der Waals surface area contributed by atoms with E-state index in [9.17, 15) is 9.59 Å². The Morgan fingerprint density at radius 1 is 1.02 bits per heavy atom. The summed E-state index contributed by atoms with van der Waals surface area (Å²) in [6.45, 7) is 6.36. The fourth-order valence-corrected chi connectivity index (χ4v) is 6.41. The number of rotatable bonds is 10. The molecule has 4 heterocycles. The first-order chi connectivity index (χ1) is 20.0. The Hall–Kier alpha value is -2.92. The number of likely N-dealkylation sites (tertiary alicyclic amines) is 2. The average Bonchev–Trinajstić information content (AvgIpc) is 3.24. The zero-order valence-electron chi connectivity index (χ0n) is 24.4. The molecule has 0 spiro atoms. The Morgan fingerprint density at radius 2 is 1.76 bits per heavy atom. The smallest absolute Gasteiger partial charge is 0.288 e. The van der Waals surface area contributed by atoms with Gasteiger partial charge in [0.05, 0.1) is 32.1 Å². The molecule has 2 fully saturated rings. The Morgan fingerprint density at radius 3 is 2.46 bits per heavy atom. The number of ether oxygens (including phenoxy) is 3. The highest BCUT2D eigenvalue weighted by molar-refractivity contribution is 5.92. The van der Waals surface area contributed by atoms with Crippen LogP contribution in [0.4, 0.5) is 0 Å². The predicted molar refractivity (Wildman–Crippen MR) is 155 cm³/mol. The molecule has 224 valence electrons. The molecule has 2 saturated heterocycles. The van der Waals surface area contributed by atoms with Gasteiger partial charge < -0.3 is 29.1 Å². The molecule has 10 heteroatoms. The summed E-state index contributed by atoms with van der Waals surface area (Å²) < 4.78 is 21.0. The van der Waals surface area contributed by atoms with Crippen LogP contribution in [0.2, 0.25) is 0 Å². The van der Waals surface area contributed by atoms with Crippen LogP contribution in [-0.2, 0) is 26.1 Å². The highest BCUT2D eigenvalue weighted by Gasteiger charge is 2.36. The van der Waals surface area contributed by atoms with Gasteiger partial charge in [0.15, 0.2) is 5.76 Å². The van der Waals surface area contributed by atoms with Gasteiger partial charge in [-0.05, 0) is 63.9 Å². The van der Waals surface area contributed by atoms with E-state index in [1.54, 1.807) is 4.68 Å². The van der Waals surface area contributed by atoms with Crippen molar-refractivity contribution < 1.29 is 24.1 Å². The van der Waals surface area contributed by atoms with E-state index < -0.39 is 6.29 Å². The van der Waals surface area contributed by atoms with Gasteiger partial charge in [-0.2, -0.15) is 0 Å². The monoisotopic (exact) mass is 568 g/mol. The first-order valence-corrected chi connectivity index (χ1v) is 15.0. The molecule has 1 aromatic heterocycles.